The Hall–Kier alpha value is -0.840. The van der Waals surface area contributed by atoms with Crippen molar-refractivity contribution in [2.45, 2.75) is 18.8 Å². The van der Waals surface area contributed by atoms with E-state index in [2.05, 4.69) is 4.98 Å². The van der Waals surface area contributed by atoms with Gasteiger partial charge < -0.3 is 9.30 Å². The van der Waals surface area contributed by atoms with Crippen molar-refractivity contribution in [3.63, 3.8) is 0 Å². The van der Waals surface area contributed by atoms with Gasteiger partial charge in [-0.2, -0.15) is 0 Å². The average molecular weight is 303 g/mol. The van der Waals surface area contributed by atoms with E-state index in [4.69, 9.17) is 27.9 Å². The first kappa shape index (κ1) is 13.2. The Morgan fingerprint density at radius 3 is 3.00 bits per heavy atom. The lowest BCUT2D eigenvalue weighted by molar-refractivity contribution is 0.182. The molecule has 2 heterocycles. The number of rotatable bonds is 3. The molecular weight excluding hydrogens is 290 g/mol. The van der Waals surface area contributed by atoms with Crippen LogP contribution in [-0.2, 0) is 17.2 Å². The molecule has 1 unspecified atom stereocenters. The summed E-state index contributed by atoms with van der Waals surface area (Å²) in [6.45, 7) is 2.32. The Morgan fingerprint density at radius 1 is 1.47 bits per heavy atom. The Kier molecular flexibility index (Phi) is 3.65. The van der Waals surface area contributed by atoms with E-state index in [0.717, 1.165) is 37.5 Å². The number of nitrogens with zero attached hydrogens (tertiary/aromatic N) is 2. The number of halogens is 3. The molecule has 0 radical (unpaired) electrons. The van der Waals surface area contributed by atoms with Gasteiger partial charge in [0.25, 0.3) is 0 Å². The fourth-order valence-electron chi connectivity index (χ4n) is 2.46. The van der Waals surface area contributed by atoms with Gasteiger partial charge in [-0.1, -0.05) is 11.6 Å². The molecule has 0 N–H and O–H groups in total. The first-order chi connectivity index (χ1) is 9.19. The van der Waals surface area contributed by atoms with Crippen LogP contribution in [0.2, 0.25) is 5.02 Å². The van der Waals surface area contributed by atoms with Crippen LogP contribution in [0.4, 0.5) is 4.39 Å². The molecule has 3 rings (SSSR count). The molecule has 6 heteroatoms. The number of alkyl halides is 1. The molecule has 0 bridgehead atoms. The van der Waals surface area contributed by atoms with Crippen LogP contribution in [0.1, 0.15) is 12.2 Å². The third-order valence-electron chi connectivity index (χ3n) is 3.45. The monoisotopic (exact) mass is 302 g/mol. The zero-order valence-electron chi connectivity index (χ0n) is 10.2. The normalized spacial score (nSPS) is 19.4. The smallest absolute Gasteiger partial charge is 0.144 e. The lowest BCUT2D eigenvalue weighted by atomic mass is 10.1. The number of ether oxygens (including phenoxy) is 1. The number of hydrogen-bond donors (Lipinski definition) is 0. The maximum absolute atomic E-state index is 13.5. The summed E-state index contributed by atoms with van der Waals surface area (Å²) in [6.07, 6.45) is 1.02. The molecule has 1 aliphatic rings. The van der Waals surface area contributed by atoms with Crippen molar-refractivity contribution < 1.29 is 9.13 Å². The summed E-state index contributed by atoms with van der Waals surface area (Å²) in [7, 11) is 0. The zero-order chi connectivity index (χ0) is 13.4. The van der Waals surface area contributed by atoms with E-state index in [9.17, 15) is 4.39 Å². The second kappa shape index (κ2) is 5.27. The molecule has 0 aliphatic carbocycles. The summed E-state index contributed by atoms with van der Waals surface area (Å²) in [6, 6.07) is 2.97. The lowest BCUT2D eigenvalue weighted by Gasteiger charge is -2.12. The van der Waals surface area contributed by atoms with Crippen molar-refractivity contribution in [2.75, 3.05) is 13.2 Å². The molecule has 102 valence electrons. The second-order valence-corrected chi connectivity index (χ2v) is 5.43. The summed E-state index contributed by atoms with van der Waals surface area (Å²) in [5.74, 6) is 1.03. The number of hydrogen-bond acceptors (Lipinski definition) is 2. The van der Waals surface area contributed by atoms with Gasteiger partial charge in [0.05, 0.1) is 28.5 Å². The van der Waals surface area contributed by atoms with E-state index in [0.29, 0.717) is 17.3 Å². The standard InChI is InChI=1S/C13H13Cl2FN2O/c14-5-13-17-11-4-10(16)9(15)3-12(11)18(13)6-8-1-2-19-7-8/h3-4,8H,1-2,5-7H2. The summed E-state index contributed by atoms with van der Waals surface area (Å²) >= 11 is 11.8. The van der Waals surface area contributed by atoms with Gasteiger partial charge >= 0.3 is 0 Å². The fourth-order valence-corrected chi connectivity index (χ4v) is 2.82. The van der Waals surface area contributed by atoms with Gasteiger partial charge in [-0.25, -0.2) is 9.37 Å². The van der Waals surface area contributed by atoms with Crippen molar-refractivity contribution in [1.82, 2.24) is 9.55 Å². The van der Waals surface area contributed by atoms with Crippen molar-refractivity contribution in [3.05, 3.63) is 28.8 Å². The third kappa shape index (κ3) is 2.45. The summed E-state index contributed by atoms with van der Waals surface area (Å²) in [4.78, 5) is 4.37. The molecule has 1 aliphatic heterocycles. The highest BCUT2D eigenvalue weighted by Gasteiger charge is 2.20. The molecule has 19 heavy (non-hydrogen) atoms. The SMILES string of the molecule is Fc1cc2nc(CCl)n(CC3CCOC3)c2cc1Cl. The van der Waals surface area contributed by atoms with Gasteiger partial charge in [0, 0.05) is 25.1 Å². The minimum atomic E-state index is -0.455. The average Bonchev–Trinajstić information content (AvgIpc) is 3.00. The molecule has 1 atom stereocenters. The van der Waals surface area contributed by atoms with Crippen molar-refractivity contribution in [1.29, 1.82) is 0 Å². The Morgan fingerprint density at radius 2 is 2.32 bits per heavy atom. The van der Waals surface area contributed by atoms with Crippen LogP contribution < -0.4 is 0 Å². The molecule has 0 spiro atoms. The second-order valence-electron chi connectivity index (χ2n) is 4.76. The summed E-state index contributed by atoms with van der Waals surface area (Å²) < 4.78 is 20.9. The first-order valence-corrected chi connectivity index (χ1v) is 7.08. The lowest BCUT2D eigenvalue weighted by Crippen LogP contribution is -2.12. The molecule has 3 nitrogen and oxygen atoms in total. The zero-order valence-corrected chi connectivity index (χ0v) is 11.7. The number of fused-ring (bicyclic) bond motifs is 1. The molecule has 2 aromatic rings. The van der Waals surface area contributed by atoms with Crippen LogP contribution >= 0.6 is 23.2 Å². The summed E-state index contributed by atoms with van der Waals surface area (Å²) in [5, 5.41) is 0.109. The van der Waals surface area contributed by atoms with E-state index < -0.39 is 5.82 Å². The van der Waals surface area contributed by atoms with Crippen LogP contribution in [0.15, 0.2) is 12.1 Å². The predicted molar refractivity (Wildman–Crippen MR) is 73.2 cm³/mol. The van der Waals surface area contributed by atoms with Crippen LogP contribution in [0.5, 0.6) is 0 Å². The summed E-state index contributed by atoms with van der Waals surface area (Å²) in [5.41, 5.74) is 1.42. The van der Waals surface area contributed by atoms with Crippen LogP contribution in [0.3, 0.4) is 0 Å². The highest BCUT2D eigenvalue weighted by atomic mass is 35.5. The van der Waals surface area contributed by atoms with Gasteiger partial charge in [-0.3, -0.25) is 0 Å². The topological polar surface area (TPSA) is 27.1 Å². The Labute approximate surface area is 120 Å². The molecule has 1 fully saturated rings. The fraction of sp³-hybridized carbons (Fsp3) is 0.462. The predicted octanol–water partition coefficient (Wildman–Crippen LogP) is 3.60. The third-order valence-corrected chi connectivity index (χ3v) is 3.98. The molecule has 0 amide bonds. The number of imidazole rings is 1. The minimum Gasteiger partial charge on any atom is -0.381 e. The Bertz CT molecular complexity index is 608. The van der Waals surface area contributed by atoms with E-state index >= 15 is 0 Å². The largest absolute Gasteiger partial charge is 0.381 e. The maximum Gasteiger partial charge on any atom is 0.144 e. The van der Waals surface area contributed by atoms with E-state index in [1.54, 1.807) is 6.07 Å². The van der Waals surface area contributed by atoms with E-state index in [-0.39, 0.29) is 5.02 Å². The van der Waals surface area contributed by atoms with Gasteiger partial charge in [0.2, 0.25) is 0 Å². The molecule has 1 aromatic heterocycles. The number of aromatic nitrogens is 2. The number of benzene rings is 1. The maximum atomic E-state index is 13.5. The molecular formula is C13H13Cl2FN2O. The van der Waals surface area contributed by atoms with E-state index in [1.807, 2.05) is 4.57 Å². The van der Waals surface area contributed by atoms with Gasteiger partial charge in [-0.15, -0.1) is 11.6 Å². The van der Waals surface area contributed by atoms with Gasteiger partial charge in [0.1, 0.15) is 11.6 Å². The van der Waals surface area contributed by atoms with Gasteiger partial charge in [-0.05, 0) is 12.5 Å². The first-order valence-electron chi connectivity index (χ1n) is 6.17. The minimum absolute atomic E-state index is 0.109. The highest BCUT2D eigenvalue weighted by Crippen LogP contribution is 2.26. The van der Waals surface area contributed by atoms with Crippen LogP contribution in [0.25, 0.3) is 11.0 Å². The quantitative estimate of drug-likeness (QED) is 0.810. The van der Waals surface area contributed by atoms with Crippen molar-refractivity contribution >= 4 is 34.2 Å². The van der Waals surface area contributed by atoms with Crippen LogP contribution in [0, 0.1) is 11.7 Å². The Balaban J connectivity index is 2.06. The molecule has 1 aromatic carbocycles. The van der Waals surface area contributed by atoms with Crippen LogP contribution in [-0.4, -0.2) is 22.8 Å². The molecule has 1 saturated heterocycles. The highest BCUT2D eigenvalue weighted by molar-refractivity contribution is 6.31. The van der Waals surface area contributed by atoms with E-state index in [1.165, 1.54) is 6.07 Å². The van der Waals surface area contributed by atoms with Crippen molar-refractivity contribution in [3.8, 4) is 0 Å². The molecule has 0 saturated carbocycles. The van der Waals surface area contributed by atoms with Crippen molar-refractivity contribution in [2.24, 2.45) is 5.92 Å². The van der Waals surface area contributed by atoms with Gasteiger partial charge in [0.15, 0.2) is 0 Å².